The maximum atomic E-state index is 12.8. The number of amides is 1. The molecular weight excluding hydrogens is 356 g/mol. The molecule has 7 nitrogen and oxygen atoms in total. The number of benzene rings is 1. The van der Waals surface area contributed by atoms with Crippen molar-refractivity contribution in [1.82, 2.24) is 15.3 Å². The number of rotatable bonds is 8. The Hall–Kier alpha value is -3.22. The summed E-state index contributed by atoms with van der Waals surface area (Å²) in [6.45, 7) is 5.88. The van der Waals surface area contributed by atoms with Crippen LogP contribution in [0.2, 0.25) is 0 Å². The monoisotopic (exact) mass is 382 g/mol. The van der Waals surface area contributed by atoms with Crippen molar-refractivity contribution in [3.05, 3.63) is 60.1 Å². The molecule has 0 saturated heterocycles. The van der Waals surface area contributed by atoms with E-state index in [9.17, 15) is 9.59 Å². The number of carbonyl (C=O) groups excluding carboxylic acids is 2. The van der Waals surface area contributed by atoms with Crippen molar-refractivity contribution in [2.24, 2.45) is 5.92 Å². The molecule has 0 spiro atoms. The average Bonchev–Trinajstić information content (AvgIpc) is 2.71. The van der Waals surface area contributed by atoms with Crippen molar-refractivity contribution >= 4 is 23.8 Å². The molecule has 2 atom stereocenters. The smallest absolute Gasteiger partial charge is 0.330 e. The largest absolute Gasteiger partial charge is 0.466 e. The lowest BCUT2D eigenvalue weighted by atomic mass is 10.0. The molecular formula is C21H26N4O3. The van der Waals surface area contributed by atoms with Gasteiger partial charge in [0.1, 0.15) is 11.9 Å². The van der Waals surface area contributed by atoms with E-state index in [0.29, 0.717) is 11.5 Å². The highest BCUT2D eigenvalue weighted by Gasteiger charge is 2.24. The first-order valence-corrected chi connectivity index (χ1v) is 9.10. The molecule has 0 bridgehead atoms. The second-order valence-corrected chi connectivity index (χ2v) is 6.69. The topological polar surface area (TPSA) is 93.2 Å². The molecule has 1 heterocycles. The summed E-state index contributed by atoms with van der Waals surface area (Å²) in [5, 5.41) is 6.17. The number of aromatic nitrogens is 2. The van der Waals surface area contributed by atoms with Crippen LogP contribution in [0.15, 0.2) is 48.8 Å². The van der Waals surface area contributed by atoms with Gasteiger partial charge in [0.25, 0.3) is 0 Å². The number of esters is 1. The Morgan fingerprint density at radius 3 is 2.36 bits per heavy atom. The van der Waals surface area contributed by atoms with Gasteiger partial charge in [-0.05, 0) is 24.5 Å². The van der Waals surface area contributed by atoms with Crippen LogP contribution < -0.4 is 10.6 Å². The normalized spacial score (nSPS) is 13.2. The molecule has 2 aromatic rings. The van der Waals surface area contributed by atoms with Crippen LogP contribution in [0.4, 0.5) is 5.82 Å². The Bertz CT molecular complexity index is 804. The van der Waals surface area contributed by atoms with E-state index in [2.05, 4.69) is 25.3 Å². The Morgan fingerprint density at radius 2 is 1.79 bits per heavy atom. The van der Waals surface area contributed by atoms with Crippen LogP contribution in [-0.4, -0.2) is 35.0 Å². The summed E-state index contributed by atoms with van der Waals surface area (Å²) < 4.78 is 4.53. The molecule has 1 amide bonds. The third-order valence-electron chi connectivity index (χ3n) is 4.17. The molecule has 28 heavy (non-hydrogen) atoms. The van der Waals surface area contributed by atoms with Crippen molar-refractivity contribution in [3.63, 3.8) is 0 Å². The Kier molecular flexibility index (Phi) is 7.68. The standard InChI is InChI=1S/C21H26N4O3/c1-14(2)20(21(27)24-15(3)16-8-6-5-7-9-16)25-18-13-22-17(12-23-18)10-11-19(26)28-4/h5-15,20H,1-4H3,(H,23,25)(H,24,27)/b11-10+/t15-,20+/m0/s1. The third kappa shape index (κ3) is 6.19. The number of ether oxygens (including phenoxy) is 1. The minimum Gasteiger partial charge on any atom is -0.466 e. The minimum atomic E-state index is -0.465. The molecule has 0 aliphatic rings. The van der Waals surface area contributed by atoms with Gasteiger partial charge in [0.05, 0.1) is 31.2 Å². The van der Waals surface area contributed by atoms with Crippen molar-refractivity contribution in [2.75, 3.05) is 12.4 Å². The number of nitrogens with zero attached hydrogens (tertiary/aromatic N) is 2. The Balaban J connectivity index is 2.02. The van der Waals surface area contributed by atoms with Gasteiger partial charge in [-0.15, -0.1) is 0 Å². The van der Waals surface area contributed by atoms with Crippen LogP contribution in [0.3, 0.4) is 0 Å². The van der Waals surface area contributed by atoms with E-state index in [1.807, 2.05) is 51.1 Å². The van der Waals surface area contributed by atoms with E-state index in [1.54, 1.807) is 0 Å². The maximum Gasteiger partial charge on any atom is 0.330 e. The van der Waals surface area contributed by atoms with Crippen LogP contribution in [0, 0.1) is 5.92 Å². The lowest BCUT2D eigenvalue weighted by molar-refractivity contribution is -0.134. The van der Waals surface area contributed by atoms with Crippen molar-refractivity contribution in [1.29, 1.82) is 0 Å². The summed E-state index contributed by atoms with van der Waals surface area (Å²) in [6.07, 6.45) is 5.83. The van der Waals surface area contributed by atoms with Gasteiger partial charge in [-0.25, -0.2) is 9.78 Å². The molecule has 0 aliphatic carbocycles. The summed E-state index contributed by atoms with van der Waals surface area (Å²) in [4.78, 5) is 32.4. The van der Waals surface area contributed by atoms with E-state index < -0.39 is 12.0 Å². The van der Waals surface area contributed by atoms with Gasteiger partial charge < -0.3 is 15.4 Å². The molecule has 148 valence electrons. The molecule has 2 rings (SSSR count). The number of anilines is 1. The minimum absolute atomic E-state index is 0.0451. The van der Waals surface area contributed by atoms with E-state index >= 15 is 0 Å². The maximum absolute atomic E-state index is 12.8. The lowest BCUT2D eigenvalue weighted by Crippen LogP contribution is -2.44. The van der Waals surface area contributed by atoms with Gasteiger partial charge in [0, 0.05) is 6.08 Å². The summed E-state index contributed by atoms with van der Waals surface area (Å²) in [7, 11) is 1.31. The number of methoxy groups -OCH3 is 1. The molecule has 0 radical (unpaired) electrons. The SMILES string of the molecule is COC(=O)/C=C/c1cnc(N[C@@H](C(=O)N[C@@H](C)c2ccccc2)C(C)C)cn1. The van der Waals surface area contributed by atoms with E-state index in [0.717, 1.165) is 5.56 Å². The van der Waals surface area contributed by atoms with Crippen LogP contribution in [0.5, 0.6) is 0 Å². The molecule has 0 unspecified atom stereocenters. The third-order valence-corrected chi connectivity index (χ3v) is 4.17. The van der Waals surface area contributed by atoms with Crippen molar-refractivity contribution < 1.29 is 14.3 Å². The summed E-state index contributed by atoms with van der Waals surface area (Å²) in [6, 6.07) is 9.23. The Morgan fingerprint density at radius 1 is 1.07 bits per heavy atom. The van der Waals surface area contributed by atoms with Gasteiger partial charge in [-0.3, -0.25) is 9.78 Å². The quantitative estimate of drug-likeness (QED) is 0.539. The lowest BCUT2D eigenvalue weighted by Gasteiger charge is -2.24. The molecule has 0 fully saturated rings. The molecule has 7 heteroatoms. The fraction of sp³-hybridized carbons (Fsp3) is 0.333. The average molecular weight is 382 g/mol. The number of hydrogen-bond acceptors (Lipinski definition) is 6. The molecule has 0 saturated carbocycles. The van der Waals surface area contributed by atoms with Crippen LogP contribution in [-0.2, 0) is 14.3 Å². The highest BCUT2D eigenvalue weighted by atomic mass is 16.5. The molecule has 1 aromatic carbocycles. The zero-order valence-electron chi connectivity index (χ0n) is 16.5. The van der Waals surface area contributed by atoms with Gasteiger partial charge in [-0.1, -0.05) is 44.2 Å². The molecule has 2 N–H and O–H groups in total. The number of carbonyl (C=O) groups is 2. The first kappa shape index (κ1) is 21.1. The first-order chi connectivity index (χ1) is 13.4. The highest BCUT2D eigenvalue weighted by Crippen LogP contribution is 2.15. The first-order valence-electron chi connectivity index (χ1n) is 9.10. The van der Waals surface area contributed by atoms with E-state index in [-0.39, 0.29) is 17.9 Å². The second-order valence-electron chi connectivity index (χ2n) is 6.69. The number of hydrogen-bond donors (Lipinski definition) is 2. The van der Waals surface area contributed by atoms with Crippen molar-refractivity contribution in [3.8, 4) is 0 Å². The summed E-state index contributed by atoms with van der Waals surface area (Å²) in [5.74, 6) is -0.0454. The predicted octanol–water partition coefficient (Wildman–Crippen LogP) is 2.98. The number of nitrogens with one attached hydrogen (secondary N) is 2. The van der Waals surface area contributed by atoms with Crippen LogP contribution in [0.25, 0.3) is 6.08 Å². The van der Waals surface area contributed by atoms with Crippen LogP contribution >= 0.6 is 0 Å². The van der Waals surface area contributed by atoms with Crippen molar-refractivity contribution in [2.45, 2.75) is 32.9 Å². The van der Waals surface area contributed by atoms with E-state index in [4.69, 9.17) is 0 Å². The van der Waals surface area contributed by atoms with Gasteiger partial charge in [0.2, 0.25) is 5.91 Å². The molecule has 0 aliphatic heterocycles. The summed E-state index contributed by atoms with van der Waals surface area (Å²) >= 11 is 0. The second kappa shape index (κ2) is 10.2. The van der Waals surface area contributed by atoms with Gasteiger partial charge in [-0.2, -0.15) is 0 Å². The fourth-order valence-electron chi connectivity index (χ4n) is 2.54. The predicted molar refractivity (Wildman–Crippen MR) is 108 cm³/mol. The Labute approximate surface area is 165 Å². The van der Waals surface area contributed by atoms with Gasteiger partial charge in [0.15, 0.2) is 0 Å². The zero-order chi connectivity index (χ0) is 20.5. The van der Waals surface area contributed by atoms with Crippen LogP contribution in [0.1, 0.15) is 38.1 Å². The zero-order valence-corrected chi connectivity index (χ0v) is 16.5. The summed E-state index contributed by atoms with van der Waals surface area (Å²) in [5.41, 5.74) is 1.55. The fourth-order valence-corrected chi connectivity index (χ4v) is 2.54. The highest BCUT2D eigenvalue weighted by molar-refractivity contribution is 5.86. The van der Waals surface area contributed by atoms with E-state index in [1.165, 1.54) is 31.7 Å². The molecule has 1 aromatic heterocycles. The van der Waals surface area contributed by atoms with Gasteiger partial charge >= 0.3 is 5.97 Å².